The Labute approximate surface area is 130 Å². The summed E-state index contributed by atoms with van der Waals surface area (Å²) < 4.78 is 5.61. The molecule has 2 aromatic rings. The molecule has 114 valence electrons. The number of carbonyl (C=O) groups is 1. The maximum absolute atomic E-state index is 11.9. The van der Waals surface area contributed by atoms with Crippen molar-refractivity contribution in [3.8, 4) is 0 Å². The third-order valence-corrected chi connectivity index (χ3v) is 3.92. The number of aryl methyl sites for hydroxylation is 2. The highest BCUT2D eigenvalue weighted by Gasteiger charge is 2.16. The standard InChI is InChI=1S/C16H20N2O2.ClH/c1-17-5-6-18-16(19)9-13-10-20-15-8-12-4-2-3-11(12)7-14(13)15;/h7-8,10,17H,2-6,9H2,1H3,(H,18,19);1H. The zero-order valence-corrected chi connectivity index (χ0v) is 13.0. The molecule has 1 aromatic heterocycles. The maximum atomic E-state index is 11.9. The number of fused-ring (bicyclic) bond motifs is 2. The van der Waals surface area contributed by atoms with E-state index < -0.39 is 0 Å². The van der Waals surface area contributed by atoms with Crippen LogP contribution in [0.5, 0.6) is 0 Å². The summed E-state index contributed by atoms with van der Waals surface area (Å²) in [6, 6.07) is 4.34. The number of benzene rings is 1. The van der Waals surface area contributed by atoms with Gasteiger partial charge in [0.1, 0.15) is 5.58 Å². The summed E-state index contributed by atoms with van der Waals surface area (Å²) in [5.41, 5.74) is 4.70. The second kappa shape index (κ2) is 6.96. The molecule has 1 amide bonds. The van der Waals surface area contributed by atoms with Crippen molar-refractivity contribution in [2.24, 2.45) is 0 Å². The summed E-state index contributed by atoms with van der Waals surface area (Å²) in [5.74, 6) is 0.0449. The lowest BCUT2D eigenvalue weighted by Gasteiger charge is -2.04. The molecule has 0 saturated heterocycles. The van der Waals surface area contributed by atoms with Crippen LogP contribution in [0.3, 0.4) is 0 Å². The smallest absolute Gasteiger partial charge is 0.224 e. The van der Waals surface area contributed by atoms with Crippen molar-refractivity contribution >= 4 is 29.3 Å². The number of halogens is 1. The van der Waals surface area contributed by atoms with E-state index in [0.717, 1.165) is 35.9 Å². The highest BCUT2D eigenvalue weighted by Crippen LogP contribution is 2.30. The fraction of sp³-hybridized carbons (Fsp3) is 0.438. The van der Waals surface area contributed by atoms with Crippen LogP contribution in [-0.2, 0) is 24.1 Å². The first-order chi connectivity index (χ1) is 9.78. The average molecular weight is 309 g/mol. The molecule has 5 heteroatoms. The lowest BCUT2D eigenvalue weighted by Crippen LogP contribution is -2.31. The van der Waals surface area contributed by atoms with Gasteiger partial charge in [0.25, 0.3) is 0 Å². The van der Waals surface area contributed by atoms with E-state index in [1.807, 2.05) is 7.05 Å². The first-order valence-electron chi connectivity index (χ1n) is 7.21. The van der Waals surface area contributed by atoms with Gasteiger partial charge >= 0.3 is 0 Å². The number of likely N-dealkylation sites (N-methyl/N-ethyl adjacent to an activating group) is 1. The highest BCUT2D eigenvalue weighted by atomic mass is 35.5. The van der Waals surface area contributed by atoms with Gasteiger partial charge in [-0.25, -0.2) is 0 Å². The minimum absolute atomic E-state index is 0. The molecule has 3 rings (SSSR count). The van der Waals surface area contributed by atoms with Crippen LogP contribution in [0, 0.1) is 0 Å². The third kappa shape index (κ3) is 3.39. The first kappa shape index (κ1) is 15.9. The zero-order chi connectivity index (χ0) is 13.9. The Balaban J connectivity index is 0.00000161. The van der Waals surface area contributed by atoms with Gasteiger partial charge in [0.2, 0.25) is 5.91 Å². The van der Waals surface area contributed by atoms with Gasteiger partial charge in [-0.3, -0.25) is 4.79 Å². The molecular formula is C16H21ClN2O2. The van der Waals surface area contributed by atoms with Crippen LogP contribution in [-0.4, -0.2) is 26.0 Å². The summed E-state index contributed by atoms with van der Waals surface area (Å²) >= 11 is 0. The summed E-state index contributed by atoms with van der Waals surface area (Å²) in [7, 11) is 1.87. The van der Waals surface area contributed by atoms with Gasteiger partial charge in [0.15, 0.2) is 0 Å². The van der Waals surface area contributed by atoms with Gasteiger partial charge in [0.05, 0.1) is 12.7 Å². The Hall–Kier alpha value is -1.52. The Kier molecular flexibility index (Phi) is 5.26. The fourth-order valence-corrected chi connectivity index (χ4v) is 2.85. The van der Waals surface area contributed by atoms with Crippen LogP contribution in [0.2, 0.25) is 0 Å². The molecule has 0 aliphatic heterocycles. The van der Waals surface area contributed by atoms with E-state index in [4.69, 9.17) is 4.42 Å². The van der Waals surface area contributed by atoms with Gasteiger partial charge in [-0.05, 0) is 49.6 Å². The average Bonchev–Trinajstić information content (AvgIpc) is 3.03. The number of carbonyl (C=O) groups excluding carboxylic acids is 1. The van der Waals surface area contributed by atoms with Crippen molar-refractivity contribution in [1.29, 1.82) is 0 Å². The molecule has 0 spiro atoms. The minimum atomic E-state index is 0. The van der Waals surface area contributed by atoms with Crippen LogP contribution >= 0.6 is 12.4 Å². The van der Waals surface area contributed by atoms with E-state index in [2.05, 4.69) is 22.8 Å². The first-order valence-corrected chi connectivity index (χ1v) is 7.21. The Morgan fingerprint density at radius 1 is 1.24 bits per heavy atom. The van der Waals surface area contributed by atoms with E-state index in [9.17, 15) is 4.79 Å². The van der Waals surface area contributed by atoms with E-state index >= 15 is 0 Å². The van der Waals surface area contributed by atoms with Crippen molar-refractivity contribution < 1.29 is 9.21 Å². The van der Waals surface area contributed by atoms with Crippen molar-refractivity contribution in [3.63, 3.8) is 0 Å². The lowest BCUT2D eigenvalue weighted by molar-refractivity contribution is -0.120. The molecule has 0 unspecified atom stereocenters. The third-order valence-electron chi connectivity index (χ3n) is 3.92. The lowest BCUT2D eigenvalue weighted by atomic mass is 10.0. The molecule has 1 aliphatic carbocycles. The minimum Gasteiger partial charge on any atom is -0.464 e. The number of nitrogens with one attached hydrogen (secondary N) is 2. The van der Waals surface area contributed by atoms with Gasteiger partial charge < -0.3 is 15.1 Å². The molecule has 0 saturated carbocycles. The normalized spacial score (nSPS) is 13.0. The van der Waals surface area contributed by atoms with E-state index in [1.165, 1.54) is 17.5 Å². The van der Waals surface area contributed by atoms with Gasteiger partial charge in [0, 0.05) is 24.0 Å². The zero-order valence-electron chi connectivity index (χ0n) is 12.2. The van der Waals surface area contributed by atoms with Crippen LogP contribution < -0.4 is 10.6 Å². The quantitative estimate of drug-likeness (QED) is 0.833. The van der Waals surface area contributed by atoms with Crippen LogP contribution in [0.15, 0.2) is 22.8 Å². The number of hydrogen-bond donors (Lipinski definition) is 2. The predicted molar refractivity (Wildman–Crippen MR) is 86.1 cm³/mol. The monoisotopic (exact) mass is 308 g/mol. The fourth-order valence-electron chi connectivity index (χ4n) is 2.85. The largest absolute Gasteiger partial charge is 0.464 e. The highest BCUT2D eigenvalue weighted by molar-refractivity contribution is 5.88. The molecule has 4 nitrogen and oxygen atoms in total. The van der Waals surface area contributed by atoms with Crippen LogP contribution in [0.1, 0.15) is 23.1 Å². The van der Waals surface area contributed by atoms with Crippen LogP contribution in [0.4, 0.5) is 0 Å². The van der Waals surface area contributed by atoms with E-state index in [-0.39, 0.29) is 18.3 Å². The predicted octanol–water partition coefficient (Wildman–Crippen LogP) is 2.22. The Morgan fingerprint density at radius 2 is 2.00 bits per heavy atom. The van der Waals surface area contributed by atoms with E-state index in [1.54, 1.807) is 6.26 Å². The maximum Gasteiger partial charge on any atom is 0.224 e. The second-order valence-electron chi connectivity index (χ2n) is 5.36. The summed E-state index contributed by atoms with van der Waals surface area (Å²) in [6.07, 6.45) is 5.62. The molecule has 1 aromatic carbocycles. The van der Waals surface area contributed by atoms with Gasteiger partial charge in [-0.1, -0.05) is 0 Å². The molecule has 0 fully saturated rings. The number of rotatable bonds is 5. The number of amides is 1. The number of furan rings is 1. The summed E-state index contributed by atoms with van der Waals surface area (Å²) in [5, 5.41) is 6.99. The molecule has 1 aliphatic rings. The SMILES string of the molecule is CNCCNC(=O)Cc1coc2cc3c(cc12)CCC3.Cl. The molecular weight excluding hydrogens is 288 g/mol. The molecule has 2 N–H and O–H groups in total. The second-order valence-corrected chi connectivity index (χ2v) is 5.36. The van der Waals surface area contributed by atoms with Gasteiger partial charge in [-0.15, -0.1) is 12.4 Å². The Bertz CT molecular complexity index is 636. The molecule has 0 radical (unpaired) electrons. The van der Waals surface area contributed by atoms with Crippen molar-refractivity contribution in [3.05, 3.63) is 35.1 Å². The number of hydrogen-bond acceptors (Lipinski definition) is 3. The topological polar surface area (TPSA) is 54.3 Å². The summed E-state index contributed by atoms with van der Waals surface area (Å²) in [6.45, 7) is 1.44. The van der Waals surface area contributed by atoms with E-state index in [0.29, 0.717) is 13.0 Å². The molecule has 1 heterocycles. The van der Waals surface area contributed by atoms with Crippen molar-refractivity contribution in [2.75, 3.05) is 20.1 Å². The van der Waals surface area contributed by atoms with Crippen molar-refractivity contribution in [2.45, 2.75) is 25.7 Å². The molecule has 0 bridgehead atoms. The van der Waals surface area contributed by atoms with Crippen molar-refractivity contribution in [1.82, 2.24) is 10.6 Å². The van der Waals surface area contributed by atoms with Gasteiger partial charge in [-0.2, -0.15) is 0 Å². The van der Waals surface area contributed by atoms with Crippen LogP contribution in [0.25, 0.3) is 11.0 Å². The molecule has 21 heavy (non-hydrogen) atoms. The Morgan fingerprint density at radius 3 is 2.76 bits per heavy atom. The molecule has 0 atom stereocenters. The summed E-state index contributed by atoms with van der Waals surface area (Å²) in [4.78, 5) is 11.9.